The lowest BCUT2D eigenvalue weighted by Gasteiger charge is -2.43. The molecule has 1 atom stereocenters. The van der Waals surface area contributed by atoms with Crippen molar-refractivity contribution in [2.24, 2.45) is 0 Å². The van der Waals surface area contributed by atoms with Crippen LogP contribution in [0.3, 0.4) is 0 Å². The SMILES string of the molecule is COc1c2c(cc3c1C(CC(=O)Cc1ccc(OC(C)C)cc1)[N+](C)(C)CC3)OCO2.[I-]. The summed E-state index contributed by atoms with van der Waals surface area (Å²) in [7, 11) is 6.03. The van der Waals surface area contributed by atoms with Gasteiger partial charge in [0.05, 0.1) is 45.8 Å². The van der Waals surface area contributed by atoms with Crippen LogP contribution in [0.1, 0.15) is 43.0 Å². The van der Waals surface area contributed by atoms with Crippen LogP contribution < -0.4 is 42.9 Å². The average molecular weight is 553 g/mol. The topological polar surface area (TPSA) is 54.0 Å². The standard InChI is InChI=1S/C25H32NO5.HI/c1-16(2)31-20-8-6-17(7-9-20)12-19(27)14-21-23-18(10-11-26(21,3)4)13-22-24(25(23)28-5)30-15-29-22;/h6-9,13,16,21H,10-12,14-15H2,1-5H3;1H/q+1;/p-1. The molecule has 2 heterocycles. The number of ether oxygens (including phenoxy) is 4. The maximum Gasteiger partial charge on any atom is 0.231 e. The molecule has 0 fully saturated rings. The van der Waals surface area contributed by atoms with Gasteiger partial charge in [0.15, 0.2) is 11.5 Å². The second-order valence-corrected chi connectivity index (χ2v) is 9.21. The number of hydrogen-bond donors (Lipinski definition) is 0. The zero-order chi connectivity index (χ0) is 22.2. The minimum atomic E-state index is 0. The van der Waals surface area contributed by atoms with Gasteiger partial charge < -0.3 is 47.4 Å². The summed E-state index contributed by atoms with van der Waals surface area (Å²) in [4.78, 5) is 13.1. The monoisotopic (exact) mass is 553 g/mol. The predicted octanol–water partition coefficient (Wildman–Crippen LogP) is 1.09. The number of methoxy groups -OCH3 is 1. The maximum absolute atomic E-state index is 13.1. The van der Waals surface area contributed by atoms with Crippen molar-refractivity contribution >= 4 is 5.78 Å². The molecule has 1 unspecified atom stereocenters. The first-order chi connectivity index (χ1) is 14.8. The number of likely N-dealkylation sites (N-methyl/N-ethyl adjacent to an activating group) is 1. The van der Waals surface area contributed by atoms with Crippen LogP contribution in [0.25, 0.3) is 0 Å². The number of carbonyl (C=O) groups excluding carboxylic acids is 1. The largest absolute Gasteiger partial charge is 1.00 e. The molecule has 0 radical (unpaired) electrons. The molecule has 0 bridgehead atoms. The Hall–Kier alpha value is -2.00. The molecular formula is C25H32INO5. The molecule has 0 saturated carbocycles. The fraction of sp³-hybridized carbons (Fsp3) is 0.480. The molecule has 2 aromatic rings. The van der Waals surface area contributed by atoms with Gasteiger partial charge in [0.25, 0.3) is 0 Å². The first-order valence-electron chi connectivity index (χ1n) is 10.9. The van der Waals surface area contributed by atoms with Crippen molar-refractivity contribution in [3.63, 3.8) is 0 Å². The van der Waals surface area contributed by atoms with Crippen molar-refractivity contribution in [2.45, 2.75) is 45.3 Å². The summed E-state index contributed by atoms with van der Waals surface area (Å²) in [5, 5.41) is 0. The van der Waals surface area contributed by atoms with E-state index in [0.29, 0.717) is 24.3 Å². The van der Waals surface area contributed by atoms with Crippen molar-refractivity contribution in [1.82, 2.24) is 0 Å². The maximum atomic E-state index is 13.1. The summed E-state index contributed by atoms with van der Waals surface area (Å²) in [6.45, 7) is 5.16. The first kappa shape index (κ1) is 24.6. The van der Waals surface area contributed by atoms with Crippen molar-refractivity contribution in [3.05, 3.63) is 47.0 Å². The van der Waals surface area contributed by atoms with E-state index in [4.69, 9.17) is 18.9 Å². The van der Waals surface area contributed by atoms with E-state index in [-0.39, 0.29) is 48.7 Å². The number of carbonyl (C=O) groups is 1. The highest BCUT2D eigenvalue weighted by Gasteiger charge is 2.42. The number of hydrogen-bond acceptors (Lipinski definition) is 5. The number of ketones is 1. The van der Waals surface area contributed by atoms with E-state index in [9.17, 15) is 4.79 Å². The quantitative estimate of drug-likeness (QED) is 0.380. The number of nitrogens with zero attached hydrogens (tertiary/aromatic N) is 1. The third-order valence-electron chi connectivity index (χ3n) is 6.20. The van der Waals surface area contributed by atoms with E-state index >= 15 is 0 Å². The fourth-order valence-electron chi connectivity index (χ4n) is 4.59. The zero-order valence-electron chi connectivity index (χ0n) is 19.4. The normalized spacial score (nSPS) is 18.0. The van der Waals surface area contributed by atoms with Crippen LogP contribution in [0.4, 0.5) is 0 Å². The van der Waals surface area contributed by atoms with Gasteiger partial charge in [0.2, 0.25) is 12.5 Å². The van der Waals surface area contributed by atoms with Gasteiger partial charge in [-0.15, -0.1) is 0 Å². The minimum absolute atomic E-state index is 0. The van der Waals surface area contributed by atoms with Crippen LogP contribution >= 0.6 is 0 Å². The third kappa shape index (κ3) is 4.98. The molecule has 2 aliphatic rings. The van der Waals surface area contributed by atoms with Crippen LogP contribution in [-0.4, -0.2) is 50.9 Å². The Labute approximate surface area is 207 Å². The van der Waals surface area contributed by atoms with Gasteiger partial charge in [-0.3, -0.25) is 4.79 Å². The molecule has 32 heavy (non-hydrogen) atoms. The smallest absolute Gasteiger partial charge is 0.231 e. The predicted molar refractivity (Wildman–Crippen MR) is 118 cm³/mol. The lowest BCUT2D eigenvalue weighted by Crippen LogP contribution is -3.00. The van der Waals surface area contributed by atoms with E-state index in [2.05, 4.69) is 20.2 Å². The van der Waals surface area contributed by atoms with Crippen molar-refractivity contribution in [2.75, 3.05) is 34.5 Å². The summed E-state index contributed by atoms with van der Waals surface area (Å²) >= 11 is 0. The Morgan fingerprint density at radius 1 is 1.19 bits per heavy atom. The van der Waals surface area contributed by atoms with Gasteiger partial charge in [-0.25, -0.2) is 0 Å². The van der Waals surface area contributed by atoms with E-state index < -0.39 is 0 Å². The Morgan fingerprint density at radius 3 is 2.56 bits per heavy atom. The van der Waals surface area contributed by atoms with Crippen molar-refractivity contribution in [1.29, 1.82) is 0 Å². The summed E-state index contributed by atoms with van der Waals surface area (Å²) in [6, 6.07) is 9.88. The number of fused-ring (bicyclic) bond motifs is 2. The molecule has 0 spiro atoms. The van der Waals surface area contributed by atoms with Crippen molar-refractivity contribution < 1.29 is 52.2 Å². The van der Waals surface area contributed by atoms with Gasteiger partial charge in [-0.1, -0.05) is 12.1 Å². The van der Waals surface area contributed by atoms with E-state index in [1.165, 1.54) is 5.56 Å². The first-order valence-corrected chi connectivity index (χ1v) is 10.9. The highest BCUT2D eigenvalue weighted by molar-refractivity contribution is 5.82. The molecule has 6 nitrogen and oxygen atoms in total. The van der Waals surface area contributed by atoms with Crippen LogP contribution in [0.2, 0.25) is 0 Å². The fourth-order valence-corrected chi connectivity index (χ4v) is 4.59. The summed E-state index contributed by atoms with van der Waals surface area (Å²) in [5.74, 6) is 3.13. The molecule has 0 aromatic heterocycles. The van der Waals surface area contributed by atoms with Crippen LogP contribution in [0.15, 0.2) is 30.3 Å². The van der Waals surface area contributed by atoms with Gasteiger partial charge in [0, 0.05) is 12.8 Å². The lowest BCUT2D eigenvalue weighted by molar-refractivity contribution is -0.922. The van der Waals surface area contributed by atoms with E-state index in [1.54, 1.807) is 7.11 Å². The molecule has 2 aromatic carbocycles. The molecule has 0 saturated heterocycles. The zero-order valence-corrected chi connectivity index (χ0v) is 21.6. The summed E-state index contributed by atoms with van der Waals surface area (Å²) in [6.07, 6.45) is 1.89. The number of benzene rings is 2. The second kappa shape index (κ2) is 9.87. The van der Waals surface area contributed by atoms with Gasteiger partial charge in [-0.05, 0) is 43.2 Å². The molecule has 174 valence electrons. The Bertz CT molecular complexity index is 971. The highest BCUT2D eigenvalue weighted by atomic mass is 127. The molecule has 0 N–H and O–H groups in total. The second-order valence-electron chi connectivity index (χ2n) is 9.21. The average Bonchev–Trinajstić information content (AvgIpc) is 3.18. The van der Waals surface area contributed by atoms with Gasteiger partial charge >= 0.3 is 0 Å². The van der Waals surface area contributed by atoms with Crippen LogP contribution in [0, 0.1) is 0 Å². The number of halogens is 1. The molecule has 0 amide bonds. The summed E-state index contributed by atoms with van der Waals surface area (Å²) in [5.41, 5.74) is 3.27. The van der Waals surface area contributed by atoms with Crippen LogP contribution in [0.5, 0.6) is 23.0 Å². The number of rotatable bonds is 7. The molecule has 7 heteroatoms. The Morgan fingerprint density at radius 2 is 1.91 bits per heavy atom. The summed E-state index contributed by atoms with van der Waals surface area (Å²) < 4.78 is 23.5. The van der Waals surface area contributed by atoms with E-state index in [1.807, 2.05) is 38.1 Å². The molecule has 4 rings (SSSR count). The van der Waals surface area contributed by atoms with E-state index in [0.717, 1.165) is 40.1 Å². The molecular weight excluding hydrogens is 521 g/mol. The van der Waals surface area contributed by atoms with Gasteiger partial charge in [-0.2, -0.15) is 0 Å². The van der Waals surface area contributed by atoms with Crippen LogP contribution in [-0.2, 0) is 17.6 Å². The number of quaternary nitrogens is 1. The highest BCUT2D eigenvalue weighted by Crippen LogP contribution is 2.51. The van der Waals surface area contributed by atoms with Crippen molar-refractivity contribution in [3.8, 4) is 23.0 Å². The third-order valence-corrected chi connectivity index (χ3v) is 6.20. The lowest BCUT2D eigenvalue weighted by atomic mass is 9.86. The Balaban J connectivity index is 0.00000289. The Kier molecular flexibility index (Phi) is 7.60. The molecule has 0 aliphatic carbocycles. The minimum Gasteiger partial charge on any atom is -1.00 e. The van der Waals surface area contributed by atoms with Gasteiger partial charge in [0.1, 0.15) is 17.6 Å². The number of Topliss-reactive ketones (excluding diaryl/α,β-unsaturated/α-hetero) is 1. The molecule has 2 aliphatic heterocycles.